The van der Waals surface area contributed by atoms with Gasteiger partial charge < -0.3 is 5.32 Å². The summed E-state index contributed by atoms with van der Waals surface area (Å²) in [7, 11) is 0. The second-order valence-corrected chi connectivity index (χ2v) is 5.92. The molecule has 1 heterocycles. The van der Waals surface area contributed by atoms with Crippen molar-refractivity contribution in [1.82, 2.24) is 10.2 Å². The quantitative estimate of drug-likeness (QED) is 0.762. The lowest BCUT2D eigenvalue weighted by Gasteiger charge is -2.35. The molecule has 0 amide bonds. The van der Waals surface area contributed by atoms with Crippen molar-refractivity contribution in [3.05, 3.63) is 34.3 Å². The van der Waals surface area contributed by atoms with Gasteiger partial charge in [0.15, 0.2) is 0 Å². The second kappa shape index (κ2) is 9.98. The summed E-state index contributed by atoms with van der Waals surface area (Å²) < 4.78 is 38.5. The summed E-state index contributed by atoms with van der Waals surface area (Å²) in [6.45, 7) is 3.25. The van der Waals surface area contributed by atoms with Gasteiger partial charge in [-0.3, -0.25) is 4.90 Å². The number of benzene rings is 1. The van der Waals surface area contributed by atoms with Crippen molar-refractivity contribution in [2.24, 2.45) is 0 Å². The standard InChI is InChI=1S/C14H18BrF3N2.2ClH/c15-12-3-1-11(2-4-12)13(5-6-14(16,17)18)20-9-7-19-8-10-20;;/h1-4,13,19H,5-10H2;2*1H/t13-;;/m0../s1. The Hall–Kier alpha value is -0.0100. The van der Waals surface area contributed by atoms with Gasteiger partial charge in [0.2, 0.25) is 0 Å². The second-order valence-electron chi connectivity index (χ2n) is 5.01. The highest BCUT2D eigenvalue weighted by Crippen LogP contribution is 2.32. The predicted octanol–water partition coefficient (Wildman–Crippen LogP) is 4.58. The molecule has 0 unspecified atom stereocenters. The molecule has 1 aliphatic rings. The highest BCUT2D eigenvalue weighted by atomic mass is 79.9. The van der Waals surface area contributed by atoms with Crippen molar-refractivity contribution in [2.45, 2.75) is 25.1 Å². The zero-order valence-electron chi connectivity index (χ0n) is 11.9. The molecule has 0 radical (unpaired) electrons. The fourth-order valence-corrected chi connectivity index (χ4v) is 2.80. The number of piperazine rings is 1. The van der Waals surface area contributed by atoms with Crippen molar-refractivity contribution in [1.29, 1.82) is 0 Å². The molecule has 1 N–H and O–H groups in total. The predicted molar refractivity (Wildman–Crippen MR) is 91.1 cm³/mol. The van der Waals surface area contributed by atoms with Crippen molar-refractivity contribution >= 4 is 40.7 Å². The molecule has 128 valence electrons. The molecule has 1 aromatic carbocycles. The van der Waals surface area contributed by atoms with Crippen LogP contribution >= 0.6 is 40.7 Å². The molecular weight excluding hydrogens is 404 g/mol. The average molecular weight is 424 g/mol. The Balaban J connectivity index is 0.00000220. The summed E-state index contributed by atoms with van der Waals surface area (Å²) in [5, 5.41) is 3.23. The molecule has 0 bridgehead atoms. The Labute approximate surface area is 149 Å². The molecule has 22 heavy (non-hydrogen) atoms. The van der Waals surface area contributed by atoms with E-state index in [4.69, 9.17) is 0 Å². The number of nitrogens with zero attached hydrogens (tertiary/aromatic N) is 1. The van der Waals surface area contributed by atoms with Crippen molar-refractivity contribution < 1.29 is 13.2 Å². The maximum atomic E-state index is 12.5. The van der Waals surface area contributed by atoms with Crippen molar-refractivity contribution in [3.8, 4) is 0 Å². The van der Waals surface area contributed by atoms with Crippen LogP contribution in [0.15, 0.2) is 28.7 Å². The maximum Gasteiger partial charge on any atom is 0.389 e. The molecule has 1 fully saturated rings. The maximum absolute atomic E-state index is 12.5. The molecule has 1 atom stereocenters. The van der Waals surface area contributed by atoms with Gasteiger partial charge in [-0.2, -0.15) is 13.2 Å². The molecule has 0 aliphatic carbocycles. The van der Waals surface area contributed by atoms with Crippen LogP contribution in [-0.2, 0) is 0 Å². The van der Waals surface area contributed by atoms with E-state index in [2.05, 4.69) is 26.1 Å². The lowest BCUT2D eigenvalue weighted by Crippen LogP contribution is -2.45. The monoisotopic (exact) mass is 422 g/mol. The van der Waals surface area contributed by atoms with Gasteiger partial charge in [-0.25, -0.2) is 0 Å². The molecule has 1 aliphatic heterocycles. The Bertz CT molecular complexity index is 423. The Kier molecular flexibility index (Phi) is 9.98. The molecule has 1 aromatic rings. The molecule has 8 heteroatoms. The van der Waals surface area contributed by atoms with Crippen LogP contribution in [0.25, 0.3) is 0 Å². The van der Waals surface area contributed by atoms with E-state index in [9.17, 15) is 13.2 Å². The fourth-order valence-electron chi connectivity index (χ4n) is 2.54. The molecule has 2 rings (SSSR count). The molecule has 2 nitrogen and oxygen atoms in total. The molecular formula is C14H20BrCl2F3N2. The van der Waals surface area contributed by atoms with Gasteiger partial charge in [-0.15, -0.1) is 24.8 Å². The van der Waals surface area contributed by atoms with Crippen LogP contribution in [0.1, 0.15) is 24.4 Å². The largest absolute Gasteiger partial charge is 0.389 e. The fraction of sp³-hybridized carbons (Fsp3) is 0.571. The van der Waals surface area contributed by atoms with Crippen LogP contribution in [-0.4, -0.2) is 37.3 Å². The van der Waals surface area contributed by atoms with Gasteiger partial charge >= 0.3 is 6.18 Å². The summed E-state index contributed by atoms with van der Waals surface area (Å²) in [6.07, 6.45) is -4.72. The number of alkyl halides is 3. The Morgan fingerprint density at radius 1 is 1.09 bits per heavy atom. The van der Waals surface area contributed by atoms with E-state index in [1.807, 2.05) is 24.3 Å². The average Bonchev–Trinajstić information content (AvgIpc) is 2.41. The minimum Gasteiger partial charge on any atom is -0.314 e. The van der Waals surface area contributed by atoms with E-state index >= 15 is 0 Å². The minimum absolute atomic E-state index is 0. The van der Waals surface area contributed by atoms with Gasteiger partial charge in [-0.05, 0) is 24.1 Å². The van der Waals surface area contributed by atoms with Gasteiger partial charge in [0.1, 0.15) is 0 Å². The van der Waals surface area contributed by atoms with Crippen LogP contribution in [0.2, 0.25) is 0 Å². The van der Waals surface area contributed by atoms with Crippen LogP contribution in [0.3, 0.4) is 0 Å². The van der Waals surface area contributed by atoms with Gasteiger partial charge in [-0.1, -0.05) is 28.1 Å². The van der Waals surface area contributed by atoms with Gasteiger partial charge in [0, 0.05) is 43.1 Å². The molecule has 0 aromatic heterocycles. The van der Waals surface area contributed by atoms with E-state index < -0.39 is 12.6 Å². The lowest BCUT2D eigenvalue weighted by molar-refractivity contribution is -0.138. The highest BCUT2D eigenvalue weighted by molar-refractivity contribution is 9.10. The van der Waals surface area contributed by atoms with Crippen LogP contribution in [0, 0.1) is 0 Å². The molecule has 0 spiro atoms. The smallest absolute Gasteiger partial charge is 0.314 e. The van der Waals surface area contributed by atoms with Crippen molar-refractivity contribution in [3.63, 3.8) is 0 Å². The first-order chi connectivity index (χ1) is 9.46. The normalized spacial score (nSPS) is 17.3. The van der Waals surface area contributed by atoms with Crippen LogP contribution in [0.5, 0.6) is 0 Å². The summed E-state index contributed by atoms with van der Waals surface area (Å²) in [5.41, 5.74) is 0.958. The topological polar surface area (TPSA) is 15.3 Å². The highest BCUT2D eigenvalue weighted by Gasteiger charge is 2.31. The Morgan fingerprint density at radius 3 is 2.14 bits per heavy atom. The molecule has 1 saturated heterocycles. The third-order valence-electron chi connectivity index (χ3n) is 3.55. The number of nitrogens with one attached hydrogen (secondary N) is 1. The third-order valence-corrected chi connectivity index (χ3v) is 4.08. The summed E-state index contributed by atoms with van der Waals surface area (Å²) in [5.74, 6) is 0. The van der Waals surface area contributed by atoms with Gasteiger partial charge in [0.25, 0.3) is 0 Å². The van der Waals surface area contributed by atoms with E-state index in [0.29, 0.717) is 0 Å². The lowest BCUT2D eigenvalue weighted by atomic mass is 9.99. The number of hydrogen-bond donors (Lipinski definition) is 1. The zero-order valence-corrected chi connectivity index (χ0v) is 15.1. The first-order valence-electron chi connectivity index (χ1n) is 6.73. The van der Waals surface area contributed by atoms with Crippen LogP contribution in [0.4, 0.5) is 13.2 Å². The SMILES string of the molecule is Cl.Cl.FC(F)(F)CC[C@@H](c1ccc(Br)cc1)N1CCNCC1. The van der Waals surface area contributed by atoms with E-state index in [1.165, 1.54) is 0 Å². The first kappa shape index (κ1) is 22.0. The summed E-state index contributed by atoms with van der Waals surface area (Å²) >= 11 is 3.36. The third kappa shape index (κ3) is 7.04. The minimum atomic E-state index is -4.10. The summed E-state index contributed by atoms with van der Waals surface area (Å²) in [6, 6.07) is 7.43. The Morgan fingerprint density at radius 2 is 1.64 bits per heavy atom. The summed E-state index contributed by atoms with van der Waals surface area (Å²) in [4.78, 5) is 2.14. The van der Waals surface area contributed by atoms with E-state index in [1.54, 1.807) is 0 Å². The first-order valence-corrected chi connectivity index (χ1v) is 7.52. The number of hydrogen-bond acceptors (Lipinski definition) is 2. The molecule has 0 saturated carbocycles. The number of halogens is 6. The van der Waals surface area contributed by atoms with Crippen LogP contribution < -0.4 is 5.32 Å². The van der Waals surface area contributed by atoms with Gasteiger partial charge in [0.05, 0.1) is 0 Å². The van der Waals surface area contributed by atoms with Crippen molar-refractivity contribution in [2.75, 3.05) is 26.2 Å². The van der Waals surface area contributed by atoms with E-state index in [-0.39, 0.29) is 37.3 Å². The zero-order chi connectivity index (χ0) is 14.6. The van der Waals surface area contributed by atoms with E-state index in [0.717, 1.165) is 36.2 Å². The number of rotatable bonds is 4.